The van der Waals surface area contributed by atoms with Gasteiger partial charge in [-0.25, -0.2) is 9.78 Å². The molecule has 2 N–H and O–H groups in total. The van der Waals surface area contributed by atoms with Crippen LogP contribution in [0.2, 0.25) is 5.02 Å². The van der Waals surface area contributed by atoms with E-state index in [0.717, 1.165) is 6.42 Å². The van der Waals surface area contributed by atoms with Crippen molar-refractivity contribution in [3.8, 4) is 0 Å². The van der Waals surface area contributed by atoms with Crippen molar-refractivity contribution >= 4 is 23.4 Å². The summed E-state index contributed by atoms with van der Waals surface area (Å²) in [4.78, 5) is 15.0. The first-order valence-corrected chi connectivity index (χ1v) is 6.15. The largest absolute Gasteiger partial charge is 0.478 e. The van der Waals surface area contributed by atoms with E-state index in [1.807, 2.05) is 0 Å². The van der Waals surface area contributed by atoms with E-state index < -0.39 is 5.97 Å². The van der Waals surface area contributed by atoms with E-state index in [1.165, 1.54) is 25.1 Å². The Bertz CT molecular complexity index is 437. The second-order valence-corrected chi connectivity index (χ2v) is 4.74. The zero-order valence-corrected chi connectivity index (χ0v) is 10.4. The third-order valence-corrected chi connectivity index (χ3v) is 3.41. The molecule has 0 amide bonds. The summed E-state index contributed by atoms with van der Waals surface area (Å²) < 4.78 is 0. The van der Waals surface area contributed by atoms with Gasteiger partial charge in [-0.2, -0.15) is 0 Å². The van der Waals surface area contributed by atoms with Crippen LogP contribution < -0.4 is 5.32 Å². The van der Waals surface area contributed by atoms with Crippen LogP contribution in [0, 0.1) is 5.92 Å². The van der Waals surface area contributed by atoms with Crippen LogP contribution >= 0.6 is 11.6 Å². The molecule has 4 nitrogen and oxygen atoms in total. The molecule has 1 heterocycles. The van der Waals surface area contributed by atoms with E-state index in [4.69, 9.17) is 16.7 Å². The number of aromatic nitrogens is 1. The van der Waals surface area contributed by atoms with Crippen LogP contribution in [-0.2, 0) is 0 Å². The summed E-state index contributed by atoms with van der Waals surface area (Å²) in [5.41, 5.74) is 0.0943. The maximum Gasteiger partial charge on any atom is 0.337 e. The minimum Gasteiger partial charge on any atom is -0.478 e. The molecule has 0 aromatic carbocycles. The van der Waals surface area contributed by atoms with Crippen LogP contribution in [0.25, 0.3) is 0 Å². The van der Waals surface area contributed by atoms with Gasteiger partial charge in [0.2, 0.25) is 0 Å². The van der Waals surface area contributed by atoms with Crippen molar-refractivity contribution in [1.29, 1.82) is 0 Å². The highest BCUT2D eigenvalue weighted by molar-refractivity contribution is 6.35. The summed E-state index contributed by atoms with van der Waals surface area (Å²) in [5, 5.41) is 12.3. The standard InChI is InChI=1S/C12H15ClN2O2/c1-2-3-7-6-9(7)15-11-10(13)8(12(16)17)4-5-14-11/h4-5,7,9H,2-3,6H2,1H3,(H,14,15)(H,16,17). The number of pyridine rings is 1. The van der Waals surface area contributed by atoms with Crippen LogP contribution in [0.4, 0.5) is 5.82 Å². The van der Waals surface area contributed by atoms with Crippen LogP contribution in [-0.4, -0.2) is 22.1 Å². The van der Waals surface area contributed by atoms with Gasteiger partial charge in [-0.3, -0.25) is 0 Å². The Morgan fingerprint density at radius 1 is 1.71 bits per heavy atom. The predicted octanol–water partition coefficient (Wildman–Crippen LogP) is 3.03. The van der Waals surface area contributed by atoms with Gasteiger partial charge in [0.25, 0.3) is 0 Å². The maximum atomic E-state index is 10.9. The smallest absolute Gasteiger partial charge is 0.337 e. The highest BCUT2D eigenvalue weighted by Gasteiger charge is 2.36. The average Bonchev–Trinajstić information content (AvgIpc) is 3.00. The number of nitrogens with one attached hydrogen (secondary N) is 1. The van der Waals surface area contributed by atoms with Crippen LogP contribution in [0.3, 0.4) is 0 Å². The Morgan fingerprint density at radius 2 is 2.47 bits per heavy atom. The van der Waals surface area contributed by atoms with Crippen molar-refractivity contribution in [2.24, 2.45) is 5.92 Å². The van der Waals surface area contributed by atoms with Gasteiger partial charge < -0.3 is 10.4 Å². The fraction of sp³-hybridized carbons (Fsp3) is 0.500. The highest BCUT2D eigenvalue weighted by atomic mass is 35.5. The molecule has 0 aliphatic heterocycles. The molecule has 1 aliphatic carbocycles. The Morgan fingerprint density at radius 3 is 3.12 bits per heavy atom. The SMILES string of the molecule is CCCC1CC1Nc1nccc(C(=O)O)c1Cl. The van der Waals surface area contributed by atoms with E-state index in [0.29, 0.717) is 17.8 Å². The van der Waals surface area contributed by atoms with Crippen molar-refractivity contribution < 1.29 is 9.90 Å². The van der Waals surface area contributed by atoms with Gasteiger partial charge in [0.05, 0.1) is 10.6 Å². The van der Waals surface area contributed by atoms with E-state index in [1.54, 1.807) is 0 Å². The number of carboxylic acid groups (broad SMARTS) is 1. The molecule has 1 aromatic rings. The minimum absolute atomic E-state index is 0.0943. The molecule has 5 heteroatoms. The lowest BCUT2D eigenvalue weighted by molar-refractivity contribution is 0.0697. The molecule has 0 radical (unpaired) electrons. The number of halogens is 1. The predicted molar refractivity (Wildman–Crippen MR) is 66.6 cm³/mol. The fourth-order valence-corrected chi connectivity index (χ4v) is 2.25. The monoisotopic (exact) mass is 254 g/mol. The fourth-order valence-electron chi connectivity index (χ4n) is 2.00. The van der Waals surface area contributed by atoms with Crippen molar-refractivity contribution in [1.82, 2.24) is 4.98 Å². The lowest BCUT2D eigenvalue weighted by atomic mass is 10.2. The highest BCUT2D eigenvalue weighted by Crippen LogP contribution is 2.38. The summed E-state index contributed by atoms with van der Waals surface area (Å²) in [6.07, 6.45) is 4.94. The Kier molecular flexibility index (Phi) is 3.52. The maximum absolute atomic E-state index is 10.9. The quantitative estimate of drug-likeness (QED) is 0.848. The van der Waals surface area contributed by atoms with E-state index in [2.05, 4.69) is 17.2 Å². The first kappa shape index (κ1) is 12.2. The summed E-state index contributed by atoms with van der Waals surface area (Å²) in [6, 6.07) is 1.80. The third-order valence-electron chi connectivity index (χ3n) is 3.02. The number of hydrogen-bond acceptors (Lipinski definition) is 3. The molecule has 2 rings (SSSR count). The molecule has 1 aromatic heterocycles. The van der Waals surface area contributed by atoms with Gasteiger partial charge in [-0.05, 0) is 24.8 Å². The second-order valence-electron chi connectivity index (χ2n) is 4.36. The molecule has 92 valence electrons. The van der Waals surface area contributed by atoms with E-state index in [9.17, 15) is 4.79 Å². The molecule has 17 heavy (non-hydrogen) atoms. The van der Waals surface area contributed by atoms with Gasteiger partial charge in [0, 0.05) is 12.2 Å². The topological polar surface area (TPSA) is 62.2 Å². The number of nitrogens with zero attached hydrogens (tertiary/aromatic N) is 1. The molecule has 2 atom stereocenters. The lowest BCUT2D eigenvalue weighted by Gasteiger charge is -2.08. The first-order chi connectivity index (χ1) is 8.13. The van der Waals surface area contributed by atoms with Gasteiger partial charge in [-0.15, -0.1) is 0 Å². The number of carbonyl (C=O) groups is 1. The zero-order valence-electron chi connectivity index (χ0n) is 9.61. The first-order valence-electron chi connectivity index (χ1n) is 5.77. The second kappa shape index (κ2) is 4.92. The van der Waals surface area contributed by atoms with Crippen molar-refractivity contribution in [3.63, 3.8) is 0 Å². The molecule has 0 bridgehead atoms. The van der Waals surface area contributed by atoms with E-state index in [-0.39, 0.29) is 10.6 Å². The van der Waals surface area contributed by atoms with Crippen LogP contribution in [0.1, 0.15) is 36.5 Å². The van der Waals surface area contributed by atoms with Crippen molar-refractivity contribution in [2.75, 3.05) is 5.32 Å². The molecular weight excluding hydrogens is 240 g/mol. The lowest BCUT2D eigenvalue weighted by Crippen LogP contribution is -2.09. The third kappa shape index (κ3) is 2.69. The summed E-state index contributed by atoms with van der Waals surface area (Å²) in [7, 11) is 0. The van der Waals surface area contributed by atoms with E-state index >= 15 is 0 Å². The summed E-state index contributed by atoms with van der Waals surface area (Å²) in [5.74, 6) is 0.128. The van der Waals surface area contributed by atoms with Crippen molar-refractivity contribution in [3.05, 3.63) is 22.8 Å². The number of aromatic carboxylic acids is 1. The molecule has 1 aliphatic rings. The normalized spacial score (nSPS) is 22.2. The number of rotatable bonds is 5. The summed E-state index contributed by atoms with van der Waals surface area (Å²) >= 11 is 5.99. The Labute approximate surface area is 105 Å². The number of hydrogen-bond donors (Lipinski definition) is 2. The molecule has 0 saturated heterocycles. The average molecular weight is 255 g/mol. The Balaban J connectivity index is 2.07. The van der Waals surface area contributed by atoms with Gasteiger partial charge in [-0.1, -0.05) is 24.9 Å². The zero-order chi connectivity index (χ0) is 12.4. The molecule has 0 spiro atoms. The van der Waals surface area contributed by atoms with Crippen molar-refractivity contribution in [2.45, 2.75) is 32.2 Å². The molecule has 1 saturated carbocycles. The summed E-state index contributed by atoms with van der Waals surface area (Å²) in [6.45, 7) is 2.16. The Hall–Kier alpha value is -1.29. The molecule has 2 unspecified atom stereocenters. The van der Waals surface area contributed by atoms with Gasteiger partial charge in [0.15, 0.2) is 0 Å². The minimum atomic E-state index is -1.03. The van der Waals surface area contributed by atoms with Gasteiger partial charge >= 0.3 is 5.97 Å². The molecule has 1 fully saturated rings. The number of anilines is 1. The van der Waals surface area contributed by atoms with Gasteiger partial charge in [0.1, 0.15) is 5.82 Å². The number of carboxylic acids is 1. The molecular formula is C12H15ClN2O2. The van der Waals surface area contributed by atoms with Crippen LogP contribution in [0.15, 0.2) is 12.3 Å². The van der Waals surface area contributed by atoms with Crippen LogP contribution in [0.5, 0.6) is 0 Å².